The molecule has 0 bridgehead atoms. The first-order valence-electron chi connectivity index (χ1n) is 8.49. The van der Waals surface area contributed by atoms with Crippen molar-refractivity contribution in [3.05, 3.63) is 84.8 Å². The Morgan fingerprint density at radius 1 is 1.21 bits per heavy atom. The number of H-pyrrole nitrogens is 1. The lowest BCUT2D eigenvalue weighted by Gasteiger charge is -2.12. The zero-order valence-electron chi connectivity index (χ0n) is 15.1. The summed E-state index contributed by atoms with van der Waals surface area (Å²) in [5.41, 5.74) is 8.59. The molecule has 2 heterocycles. The highest BCUT2D eigenvalue weighted by atomic mass is 19.1. The highest BCUT2D eigenvalue weighted by Gasteiger charge is 2.07. The Kier molecular flexibility index (Phi) is 6.14. The molecule has 1 aromatic carbocycles. The van der Waals surface area contributed by atoms with E-state index in [4.69, 9.17) is 5.73 Å². The van der Waals surface area contributed by atoms with E-state index in [-0.39, 0.29) is 5.82 Å². The molecule has 0 fully saturated rings. The molecule has 7 nitrogen and oxygen atoms in total. The normalized spacial score (nSPS) is 11.2. The molecule has 0 unspecified atom stereocenters. The molecule has 0 aliphatic rings. The fraction of sp³-hybridized carbons (Fsp3) is 0.0500. The molecule has 142 valence electrons. The highest BCUT2D eigenvalue weighted by Crippen LogP contribution is 2.25. The second-order valence-corrected chi connectivity index (χ2v) is 5.86. The van der Waals surface area contributed by atoms with Gasteiger partial charge in [-0.05, 0) is 35.4 Å². The monoisotopic (exact) mass is 377 g/mol. The van der Waals surface area contributed by atoms with Crippen LogP contribution in [0.4, 0.5) is 16.0 Å². The van der Waals surface area contributed by atoms with Crippen molar-refractivity contribution in [3.8, 4) is 11.1 Å². The number of nitrogens with zero attached hydrogens (tertiary/aromatic N) is 3. The summed E-state index contributed by atoms with van der Waals surface area (Å²) in [6.07, 6.45) is 7.86. The zero-order chi connectivity index (χ0) is 19.8. The summed E-state index contributed by atoms with van der Waals surface area (Å²) >= 11 is 0. The van der Waals surface area contributed by atoms with Crippen LogP contribution in [0, 0.1) is 5.82 Å². The standard InChI is InChI=1S/C20H20FN7/c1-14(10-23-7-6-22)27-20-9-16(17-12-25-26-13-17)8-19(28-20)24-11-15-2-4-18(21)5-3-15/h2-10,12-13H,1,11,22H2,(H,25,26)(H2,24,27,28). The number of aromatic nitrogens is 3. The van der Waals surface area contributed by atoms with Crippen LogP contribution in [-0.4, -0.2) is 21.4 Å². The Labute approximate surface area is 161 Å². The van der Waals surface area contributed by atoms with E-state index in [0.29, 0.717) is 23.9 Å². The number of hydrogen-bond donors (Lipinski definition) is 4. The van der Waals surface area contributed by atoms with Crippen LogP contribution >= 0.6 is 0 Å². The van der Waals surface area contributed by atoms with Gasteiger partial charge in [-0.15, -0.1) is 0 Å². The van der Waals surface area contributed by atoms with Crippen LogP contribution in [0.15, 0.2) is 78.5 Å². The van der Waals surface area contributed by atoms with Gasteiger partial charge in [0.2, 0.25) is 0 Å². The molecule has 0 spiro atoms. The van der Waals surface area contributed by atoms with Crippen LogP contribution in [-0.2, 0) is 6.54 Å². The predicted molar refractivity (Wildman–Crippen MR) is 110 cm³/mol. The third-order valence-corrected chi connectivity index (χ3v) is 3.73. The van der Waals surface area contributed by atoms with Crippen molar-refractivity contribution in [1.82, 2.24) is 15.2 Å². The molecule has 0 radical (unpaired) electrons. The van der Waals surface area contributed by atoms with Crippen LogP contribution in [0.3, 0.4) is 0 Å². The van der Waals surface area contributed by atoms with Gasteiger partial charge in [-0.3, -0.25) is 10.1 Å². The number of allylic oxidation sites excluding steroid dienone is 1. The van der Waals surface area contributed by atoms with Crippen LogP contribution in [0.1, 0.15) is 5.56 Å². The Hall–Kier alpha value is -3.94. The number of hydrogen-bond acceptors (Lipinski definition) is 6. The molecule has 28 heavy (non-hydrogen) atoms. The van der Waals surface area contributed by atoms with Crippen molar-refractivity contribution in [2.45, 2.75) is 6.54 Å². The molecule has 2 aromatic heterocycles. The molecule has 0 saturated carbocycles. The minimum absolute atomic E-state index is 0.264. The van der Waals surface area contributed by atoms with Crippen molar-refractivity contribution in [2.24, 2.45) is 10.7 Å². The summed E-state index contributed by atoms with van der Waals surface area (Å²) in [5.74, 6) is 0.977. The minimum atomic E-state index is -0.264. The second kappa shape index (κ2) is 9.13. The summed E-state index contributed by atoms with van der Waals surface area (Å²) in [6, 6.07) is 10.1. The molecular weight excluding hydrogens is 357 g/mol. The van der Waals surface area contributed by atoms with E-state index in [1.807, 2.05) is 12.1 Å². The number of nitrogens with two attached hydrogens (primary N) is 1. The average Bonchev–Trinajstić information content (AvgIpc) is 3.22. The average molecular weight is 377 g/mol. The van der Waals surface area contributed by atoms with E-state index >= 15 is 0 Å². The lowest BCUT2D eigenvalue weighted by molar-refractivity contribution is 0.627. The topological polar surface area (TPSA) is 104 Å². The number of anilines is 2. The quantitative estimate of drug-likeness (QED) is 0.449. The number of rotatable bonds is 8. The maximum atomic E-state index is 13.1. The second-order valence-electron chi connectivity index (χ2n) is 5.86. The first-order valence-corrected chi connectivity index (χ1v) is 8.49. The summed E-state index contributed by atoms with van der Waals surface area (Å²) in [5, 5.41) is 13.1. The van der Waals surface area contributed by atoms with Crippen molar-refractivity contribution in [2.75, 3.05) is 10.6 Å². The Morgan fingerprint density at radius 3 is 2.71 bits per heavy atom. The molecule has 0 atom stereocenters. The molecule has 8 heteroatoms. The molecule has 0 saturated heterocycles. The van der Waals surface area contributed by atoms with Crippen molar-refractivity contribution in [1.29, 1.82) is 0 Å². The molecule has 3 rings (SSSR count). The number of pyridine rings is 1. The molecule has 3 aromatic rings. The van der Waals surface area contributed by atoms with Gasteiger partial charge in [0.1, 0.15) is 17.5 Å². The number of benzene rings is 1. The van der Waals surface area contributed by atoms with Crippen LogP contribution in [0.5, 0.6) is 0 Å². The number of aromatic amines is 1. The number of halogens is 1. The Balaban J connectivity index is 1.81. The van der Waals surface area contributed by atoms with E-state index in [0.717, 1.165) is 16.7 Å². The Bertz CT molecular complexity index is 976. The zero-order valence-corrected chi connectivity index (χ0v) is 15.1. The van der Waals surface area contributed by atoms with E-state index in [2.05, 4.69) is 37.4 Å². The summed E-state index contributed by atoms with van der Waals surface area (Å²) in [7, 11) is 0. The predicted octanol–water partition coefficient (Wildman–Crippen LogP) is 3.65. The van der Waals surface area contributed by atoms with Gasteiger partial charge in [0.15, 0.2) is 0 Å². The summed E-state index contributed by atoms with van der Waals surface area (Å²) in [4.78, 5) is 8.53. The molecule has 0 aliphatic heterocycles. The number of aliphatic imine (C=N–C) groups is 1. The van der Waals surface area contributed by atoms with Crippen LogP contribution in [0.25, 0.3) is 11.1 Å². The van der Waals surface area contributed by atoms with Gasteiger partial charge in [-0.25, -0.2) is 9.37 Å². The first-order chi connectivity index (χ1) is 13.6. The van der Waals surface area contributed by atoms with Crippen molar-refractivity contribution < 1.29 is 4.39 Å². The lowest BCUT2D eigenvalue weighted by Crippen LogP contribution is -2.06. The lowest BCUT2D eigenvalue weighted by atomic mass is 10.1. The van der Waals surface area contributed by atoms with Gasteiger partial charge in [-0.1, -0.05) is 18.7 Å². The van der Waals surface area contributed by atoms with E-state index in [9.17, 15) is 4.39 Å². The SMILES string of the molecule is C=C(C=NC=CN)Nc1cc(-c2cn[nH]c2)cc(NCc2ccc(F)cc2)n1. The van der Waals surface area contributed by atoms with E-state index in [1.165, 1.54) is 24.5 Å². The van der Waals surface area contributed by atoms with Crippen molar-refractivity contribution >= 4 is 17.9 Å². The summed E-state index contributed by atoms with van der Waals surface area (Å²) < 4.78 is 13.1. The molecular formula is C20H20FN7. The van der Waals surface area contributed by atoms with Gasteiger partial charge in [-0.2, -0.15) is 5.10 Å². The third kappa shape index (κ3) is 5.28. The first kappa shape index (κ1) is 18.8. The largest absolute Gasteiger partial charge is 0.403 e. The highest BCUT2D eigenvalue weighted by molar-refractivity contribution is 5.83. The fourth-order valence-corrected chi connectivity index (χ4v) is 2.43. The van der Waals surface area contributed by atoms with E-state index in [1.54, 1.807) is 30.7 Å². The number of nitrogens with one attached hydrogen (secondary N) is 3. The van der Waals surface area contributed by atoms with Gasteiger partial charge in [0.05, 0.1) is 11.9 Å². The van der Waals surface area contributed by atoms with Gasteiger partial charge < -0.3 is 16.4 Å². The van der Waals surface area contributed by atoms with E-state index < -0.39 is 0 Å². The van der Waals surface area contributed by atoms with Gasteiger partial charge in [0, 0.05) is 36.9 Å². The van der Waals surface area contributed by atoms with Gasteiger partial charge in [0.25, 0.3) is 0 Å². The van der Waals surface area contributed by atoms with Crippen LogP contribution < -0.4 is 16.4 Å². The van der Waals surface area contributed by atoms with Crippen molar-refractivity contribution in [3.63, 3.8) is 0 Å². The smallest absolute Gasteiger partial charge is 0.133 e. The van der Waals surface area contributed by atoms with Crippen LogP contribution in [0.2, 0.25) is 0 Å². The van der Waals surface area contributed by atoms with Gasteiger partial charge >= 0.3 is 0 Å². The third-order valence-electron chi connectivity index (χ3n) is 3.73. The maximum absolute atomic E-state index is 13.1. The fourth-order valence-electron chi connectivity index (χ4n) is 2.43. The molecule has 0 amide bonds. The Morgan fingerprint density at radius 2 is 2.00 bits per heavy atom. The molecule has 0 aliphatic carbocycles. The maximum Gasteiger partial charge on any atom is 0.133 e. The molecule has 5 N–H and O–H groups in total. The minimum Gasteiger partial charge on any atom is -0.403 e. The summed E-state index contributed by atoms with van der Waals surface area (Å²) in [6.45, 7) is 4.40.